The predicted molar refractivity (Wildman–Crippen MR) is 90.1 cm³/mol. The van der Waals surface area contributed by atoms with E-state index >= 15 is 0 Å². The molecule has 0 bridgehead atoms. The number of allylic oxidation sites excluding steroid dienone is 1. The Balaban J connectivity index is 1.90. The van der Waals surface area contributed by atoms with Crippen LogP contribution in [0.3, 0.4) is 0 Å². The first-order chi connectivity index (χ1) is 10.6. The Morgan fingerprint density at radius 1 is 0.955 bits per heavy atom. The number of hydrogen-bond donors (Lipinski definition) is 0. The summed E-state index contributed by atoms with van der Waals surface area (Å²) >= 11 is 0. The van der Waals surface area contributed by atoms with Gasteiger partial charge < -0.3 is 4.42 Å². The quantitative estimate of drug-likeness (QED) is 0.521. The number of furan rings is 1. The summed E-state index contributed by atoms with van der Waals surface area (Å²) in [7, 11) is 0. The molecule has 0 aliphatic heterocycles. The van der Waals surface area contributed by atoms with Crippen LogP contribution in [0.15, 0.2) is 58.5 Å². The third-order valence-corrected chi connectivity index (χ3v) is 5.54. The van der Waals surface area contributed by atoms with Crippen molar-refractivity contribution in [3.8, 4) is 0 Å². The number of rotatable bonds is 0. The molecule has 0 spiro atoms. The van der Waals surface area contributed by atoms with Crippen molar-refractivity contribution in [3.63, 3.8) is 0 Å². The van der Waals surface area contributed by atoms with Crippen LogP contribution in [0.2, 0.25) is 0 Å². The SMILES string of the molecule is CC1C2=C(c3ccccc3C2(C)C)c2oc3ccccc3c21. The van der Waals surface area contributed by atoms with E-state index in [9.17, 15) is 0 Å². The van der Waals surface area contributed by atoms with Crippen LogP contribution in [0.1, 0.15) is 49.1 Å². The normalized spacial score (nSPS) is 21.1. The van der Waals surface area contributed by atoms with E-state index in [0.29, 0.717) is 5.92 Å². The van der Waals surface area contributed by atoms with Crippen molar-refractivity contribution in [1.82, 2.24) is 0 Å². The van der Waals surface area contributed by atoms with E-state index in [1.807, 2.05) is 6.07 Å². The van der Waals surface area contributed by atoms with Gasteiger partial charge in [-0.05, 0) is 22.8 Å². The minimum absolute atomic E-state index is 0.0774. The van der Waals surface area contributed by atoms with E-state index in [0.717, 1.165) is 11.3 Å². The van der Waals surface area contributed by atoms with Gasteiger partial charge in [0.05, 0.1) is 0 Å². The minimum Gasteiger partial charge on any atom is -0.456 e. The largest absolute Gasteiger partial charge is 0.456 e. The first-order valence-corrected chi connectivity index (χ1v) is 7.97. The monoisotopic (exact) mass is 286 g/mol. The highest BCUT2D eigenvalue weighted by atomic mass is 16.3. The zero-order valence-electron chi connectivity index (χ0n) is 13.1. The molecule has 1 heteroatoms. The zero-order chi connectivity index (χ0) is 15.1. The van der Waals surface area contributed by atoms with Gasteiger partial charge in [0, 0.05) is 27.9 Å². The molecule has 3 aromatic rings. The molecule has 1 unspecified atom stereocenters. The highest BCUT2D eigenvalue weighted by Crippen LogP contribution is 2.60. The molecule has 1 heterocycles. The Hall–Kier alpha value is -2.28. The molecule has 2 aliphatic rings. The van der Waals surface area contributed by atoms with E-state index in [-0.39, 0.29) is 5.41 Å². The van der Waals surface area contributed by atoms with Crippen LogP contribution in [0.5, 0.6) is 0 Å². The maximum atomic E-state index is 6.29. The number of benzene rings is 2. The molecule has 2 aromatic carbocycles. The zero-order valence-corrected chi connectivity index (χ0v) is 13.1. The average molecular weight is 286 g/mol. The molecule has 1 nitrogen and oxygen atoms in total. The van der Waals surface area contributed by atoms with Crippen molar-refractivity contribution < 1.29 is 4.42 Å². The summed E-state index contributed by atoms with van der Waals surface area (Å²) in [6.07, 6.45) is 0. The van der Waals surface area contributed by atoms with Crippen molar-refractivity contribution in [2.75, 3.05) is 0 Å². The predicted octanol–water partition coefficient (Wildman–Crippen LogP) is 5.64. The van der Waals surface area contributed by atoms with Gasteiger partial charge in [-0.25, -0.2) is 0 Å². The topological polar surface area (TPSA) is 13.1 Å². The van der Waals surface area contributed by atoms with Gasteiger partial charge in [0.15, 0.2) is 0 Å². The molecule has 2 aliphatic carbocycles. The Morgan fingerprint density at radius 2 is 1.68 bits per heavy atom. The molecule has 0 radical (unpaired) electrons. The molecule has 1 aromatic heterocycles. The van der Waals surface area contributed by atoms with Crippen LogP contribution in [0, 0.1) is 0 Å². The molecule has 0 amide bonds. The molecule has 0 N–H and O–H groups in total. The van der Waals surface area contributed by atoms with Gasteiger partial charge >= 0.3 is 0 Å². The molecule has 5 rings (SSSR count). The summed E-state index contributed by atoms with van der Waals surface area (Å²) in [6, 6.07) is 17.2. The van der Waals surface area contributed by atoms with Crippen LogP contribution in [0.25, 0.3) is 16.5 Å². The second-order valence-electron chi connectivity index (χ2n) is 7.02. The lowest BCUT2D eigenvalue weighted by Crippen LogP contribution is -2.19. The Kier molecular flexibility index (Phi) is 2.08. The van der Waals surface area contributed by atoms with Gasteiger partial charge in [0.2, 0.25) is 0 Å². The molecular weight excluding hydrogens is 268 g/mol. The van der Waals surface area contributed by atoms with Gasteiger partial charge in [-0.2, -0.15) is 0 Å². The fourth-order valence-electron chi connectivity index (χ4n) is 4.68. The fourth-order valence-corrected chi connectivity index (χ4v) is 4.68. The first kappa shape index (κ1) is 12.3. The van der Waals surface area contributed by atoms with Crippen LogP contribution in [0.4, 0.5) is 0 Å². The number of para-hydroxylation sites is 1. The lowest BCUT2D eigenvalue weighted by molar-refractivity contribution is 0.587. The minimum atomic E-state index is 0.0774. The van der Waals surface area contributed by atoms with E-state index in [2.05, 4.69) is 63.2 Å². The van der Waals surface area contributed by atoms with Gasteiger partial charge in [0.25, 0.3) is 0 Å². The summed E-state index contributed by atoms with van der Waals surface area (Å²) in [5.74, 6) is 1.51. The molecule has 0 saturated carbocycles. The Labute approximate surface area is 130 Å². The van der Waals surface area contributed by atoms with E-state index in [4.69, 9.17) is 4.42 Å². The van der Waals surface area contributed by atoms with Gasteiger partial charge in [-0.3, -0.25) is 0 Å². The van der Waals surface area contributed by atoms with Crippen molar-refractivity contribution in [2.45, 2.75) is 32.1 Å². The smallest absolute Gasteiger partial charge is 0.139 e. The molecule has 0 saturated heterocycles. The number of fused-ring (bicyclic) bond motifs is 6. The van der Waals surface area contributed by atoms with E-state index in [1.54, 1.807) is 0 Å². The van der Waals surface area contributed by atoms with E-state index < -0.39 is 0 Å². The lowest BCUT2D eigenvalue weighted by Gasteiger charge is -2.27. The van der Waals surface area contributed by atoms with Crippen LogP contribution in [-0.4, -0.2) is 0 Å². The molecular formula is C21H18O. The second-order valence-corrected chi connectivity index (χ2v) is 7.02. The maximum absolute atomic E-state index is 6.29. The standard InChI is InChI=1S/C21H18O/c1-12-17-14-9-5-7-11-16(14)22-20(17)18-13-8-4-6-10-15(13)21(2,3)19(12)18/h4-12H,1-3H3. The van der Waals surface area contributed by atoms with Crippen LogP contribution in [-0.2, 0) is 5.41 Å². The highest BCUT2D eigenvalue weighted by Gasteiger charge is 2.47. The molecule has 0 fully saturated rings. The second kappa shape index (κ2) is 3.73. The number of hydrogen-bond acceptors (Lipinski definition) is 1. The first-order valence-electron chi connectivity index (χ1n) is 7.97. The van der Waals surface area contributed by atoms with Crippen molar-refractivity contribution in [1.29, 1.82) is 0 Å². The highest BCUT2D eigenvalue weighted by molar-refractivity contribution is 5.99. The van der Waals surface area contributed by atoms with Gasteiger partial charge in [-0.15, -0.1) is 0 Å². The Morgan fingerprint density at radius 3 is 2.55 bits per heavy atom. The summed E-state index contributed by atoms with van der Waals surface area (Å²) in [5.41, 5.74) is 8.11. The van der Waals surface area contributed by atoms with Gasteiger partial charge in [-0.1, -0.05) is 63.2 Å². The maximum Gasteiger partial charge on any atom is 0.139 e. The molecule has 108 valence electrons. The third kappa shape index (κ3) is 1.22. The summed E-state index contributed by atoms with van der Waals surface area (Å²) in [5, 5.41) is 1.27. The summed E-state index contributed by atoms with van der Waals surface area (Å²) in [4.78, 5) is 0. The van der Waals surface area contributed by atoms with E-state index in [1.165, 1.54) is 33.2 Å². The van der Waals surface area contributed by atoms with Crippen molar-refractivity contribution in [2.24, 2.45) is 0 Å². The Bertz CT molecular complexity index is 968. The van der Waals surface area contributed by atoms with Gasteiger partial charge in [0.1, 0.15) is 11.3 Å². The molecule has 1 atom stereocenters. The average Bonchev–Trinajstić information content (AvgIpc) is 3.09. The van der Waals surface area contributed by atoms with Crippen molar-refractivity contribution in [3.05, 3.63) is 76.6 Å². The van der Waals surface area contributed by atoms with Crippen LogP contribution < -0.4 is 0 Å². The summed E-state index contributed by atoms with van der Waals surface area (Å²) in [6.45, 7) is 7.02. The lowest BCUT2D eigenvalue weighted by atomic mass is 9.75. The third-order valence-electron chi connectivity index (χ3n) is 5.54. The van der Waals surface area contributed by atoms with Crippen LogP contribution >= 0.6 is 0 Å². The van der Waals surface area contributed by atoms with Crippen molar-refractivity contribution >= 4 is 16.5 Å². The summed E-state index contributed by atoms with van der Waals surface area (Å²) < 4.78 is 6.29. The fraction of sp³-hybridized carbons (Fsp3) is 0.238. The molecule has 22 heavy (non-hydrogen) atoms.